The molecule has 0 N–H and O–H groups in total. The highest BCUT2D eigenvalue weighted by Crippen LogP contribution is 2.49. The standard InChI is InChI=1S/C126H72N10O4/c1-5-26-73(27-6-1)121-127-123(79-53-58-90-87-35-14-19-45-105(87)135(110(90)68-79)84-56-62-94-92-59-51-77(69-113(92)137-116(94)72-84)76-50-57-89-86-34-13-18-44-104(86)133(109(89)67-76)81-30-9-3-10-31-81)131-126(130-121)103-66-80(65-102-91-37-17-22-49-111(91)139-120(102)103)75-54-63-112-101(64-75)97-41-24-43-100(119(97)140-112)125-129-122(74-28-7-2-8-29-74)128-124(132-125)99-42-25-48-108-117(99)98-38-16-21-47-107(98)134(108)83-55-61-95-93-60-52-78(70-114(93)138-115(95)71-83)85-39-23-40-96-88-36-15-20-46-106(88)136(118(85)96)82-32-11-4-12-33-82/h1-72H. The molecule has 20 aromatic carbocycles. The number of rotatable bonds is 13. The van der Waals surface area contributed by atoms with Gasteiger partial charge in [0.2, 0.25) is 0 Å². The fourth-order valence-corrected chi connectivity index (χ4v) is 22.1. The Hall–Kier alpha value is -19.2. The summed E-state index contributed by atoms with van der Waals surface area (Å²) in [6, 6.07) is 154. The molecule has 0 aliphatic rings. The fraction of sp³-hybridized carbons (Fsp3) is 0. The van der Waals surface area contributed by atoms with Crippen molar-refractivity contribution in [3.05, 3.63) is 437 Å². The van der Waals surface area contributed by atoms with Crippen molar-refractivity contribution in [1.82, 2.24) is 48.2 Å². The van der Waals surface area contributed by atoms with Gasteiger partial charge in [-0.3, -0.25) is 0 Å². The Balaban J connectivity index is 0.517. The normalized spacial score (nSPS) is 12.1. The van der Waals surface area contributed by atoms with Crippen LogP contribution in [0, 0.1) is 0 Å². The van der Waals surface area contributed by atoms with E-state index in [0.717, 1.165) is 215 Å². The predicted octanol–water partition coefficient (Wildman–Crippen LogP) is 33.0. The number of hydrogen-bond donors (Lipinski definition) is 0. The first-order valence-corrected chi connectivity index (χ1v) is 47.1. The molecule has 0 saturated heterocycles. The number of nitrogens with zero attached hydrogens (tertiary/aromatic N) is 10. The molecule has 0 radical (unpaired) electrons. The van der Waals surface area contributed by atoms with Crippen LogP contribution < -0.4 is 0 Å². The second kappa shape index (κ2) is 30.2. The summed E-state index contributed by atoms with van der Waals surface area (Å²) < 4.78 is 37.5. The van der Waals surface area contributed by atoms with Crippen LogP contribution in [0.15, 0.2) is 454 Å². The zero-order valence-electron chi connectivity index (χ0n) is 74.7. The molecule has 0 aliphatic heterocycles. The van der Waals surface area contributed by atoms with Gasteiger partial charge in [0.25, 0.3) is 0 Å². The van der Waals surface area contributed by atoms with E-state index in [2.05, 4.69) is 376 Å². The van der Waals surface area contributed by atoms with E-state index >= 15 is 0 Å². The summed E-state index contributed by atoms with van der Waals surface area (Å²) in [4.78, 5) is 32.7. The summed E-state index contributed by atoms with van der Waals surface area (Å²) in [6.07, 6.45) is 0. The van der Waals surface area contributed by atoms with Crippen LogP contribution in [0.2, 0.25) is 0 Å². The third kappa shape index (κ3) is 11.9. The molecular formula is C126H72N10O4. The Labute approximate surface area is 796 Å². The minimum atomic E-state index is 0.452. The number of aromatic nitrogens is 10. The smallest absolute Gasteiger partial charge is 0.167 e. The summed E-state index contributed by atoms with van der Waals surface area (Å²) >= 11 is 0. The van der Waals surface area contributed by atoms with Gasteiger partial charge in [-0.25, -0.2) is 29.9 Å². The van der Waals surface area contributed by atoms with E-state index in [9.17, 15) is 0 Å². The maximum absolute atomic E-state index is 7.13. The molecule has 0 unspecified atom stereocenters. The quantitative estimate of drug-likeness (QED) is 0.109. The van der Waals surface area contributed by atoms with E-state index in [4.69, 9.17) is 47.6 Å². The lowest BCUT2D eigenvalue weighted by atomic mass is 9.97. The van der Waals surface area contributed by atoms with Crippen LogP contribution >= 0.6 is 0 Å². The van der Waals surface area contributed by atoms with Crippen molar-refractivity contribution in [1.29, 1.82) is 0 Å². The molecule has 14 nitrogen and oxygen atoms in total. The van der Waals surface area contributed by atoms with Crippen LogP contribution in [0.1, 0.15) is 0 Å². The Bertz CT molecular complexity index is 10500. The second-order valence-electron chi connectivity index (χ2n) is 36.3. The first kappa shape index (κ1) is 77.3. The van der Waals surface area contributed by atoms with Crippen LogP contribution in [-0.2, 0) is 0 Å². The molecule has 0 fully saturated rings. The van der Waals surface area contributed by atoms with Gasteiger partial charge in [-0.05, 0) is 179 Å². The van der Waals surface area contributed by atoms with Gasteiger partial charge >= 0.3 is 0 Å². The molecule has 0 spiro atoms. The lowest BCUT2D eigenvalue weighted by Gasteiger charge is -2.12. The minimum Gasteiger partial charge on any atom is -0.456 e. The van der Waals surface area contributed by atoms with Gasteiger partial charge in [0.1, 0.15) is 44.7 Å². The van der Waals surface area contributed by atoms with E-state index in [1.54, 1.807) is 0 Å². The van der Waals surface area contributed by atoms with E-state index in [1.807, 2.05) is 78.9 Å². The van der Waals surface area contributed by atoms with E-state index in [1.165, 1.54) is 27.1 Å². The largest absolute Gasteiger partial charge is 0.456 e. The van der Waals surface area contributed by atoms with Gasteiger partial charge in [-0.1, -0.05) is 273 Å². The Morgan fingerprint density at radius 2 is 0.514 bits per heavy atom. The third-order valence-corrected chi connectivity index (χ3v) is 28.5. The zero-order chi connectivity index (χ0) is 91.5. The molecular weight excluding hydrogens is 1720 g/mol. The molecule has 10 heterocycles. The molecule has 30 aromatic rings. The van der Waals surface area contributed by atoms with Gasteiger partial charge in [0.05, 0.1) is 55.3 Å². The summed E-state index contributed by atoms with van der Waals surface area (Å²) in [5.41, 5.74) is 29.8. The van der Waals surface area contributed by atoms with E-state index in [-0.39, 0.29) is 0 Å². The van der Waals surface area contributed by atoms with Gasteiger partial charge in [0, 0.05) is 149 Å². The Morgan fingerprint density at radius 1 is 0.150 bits per heavy atom. The van der Waals surface area contributed by atoms with Crippen molar-refractivity contribution in [2.24, 2.45) is 0 Å². The lowest BCUT2D eigenvalue weighted by molar-refractivity contribution is 0.668. The van der Waals surface area contributed by atoms with Crippen LogP contribution in [0.3, 0.4) is 0 Å². The van der Waals surface area contributed by atoms with E-state index < -0.39 is 0 Å². The molecule has 30 rings (SSSR count). The molecule has 14 heteroatoms. The fourth-order valence-electron chi connectivity index (χ4n) is 22.1. The molecule has 0 bridgehead atoms. The molecule has 0 aliphatic carbocycles. The predicted molar refractivity (Wildman–Crippen MR) is 569 cm³/mol. The maximum atomic E-state index is 7.13. The van der Waals surface area contributed by atoms with Gasteiger partial charge in [-0.2, -0.15) is 0 Å². The third-order valence-electron chi connectivity index (χ3n) is 28.5. The monoisotopic (exact) mass is 1790 g/mol. The van der Waals surface area contributed by atoms with Crippen LogP contribution in [0.25, 0.3) is 299 Å². The first-order chi connectivity index (χ1) is 69.4. The highest BCUT2D eigenvalue weighted by molar-refractivity contribution is 6.20. The maximum Gasteiger partial charge on any atom is 0.167 e. The molecule has 10 aromatic heterocycles. The number of para-hydroxylation sites is 9. The van der Waals surface area contributed by atoms with Crippen LogP contribution in [0.5, 0.6) is 0 Å². The van der Waals surface area contributed by atoms with Crippen molar-refractivity contribution in [3.63, 3.8) is 0 Å². The zero-order valence-corrected chi connectivity index (χ0v) is 74.7. The lowest BCUT2D eigenvalue weighted by Crippen LogP contribution is -2.01. The van der Waals surface area contributed by atoms with Crippen molar-refractivity contribution in [2.45, 2.75) is 0 Å². The molecule has 0 amide bonds. The number of hydrogen-bond acceptors (Lipinski definition) is 10. The average Bonchev–Trinajstić information content (AvgIpc) is 1.58. The van der Waals surface area contributed by atoms with Crippen molar-refractivity contribution in [3.8, 4) is 124 Å². The van der Waals surface area contributed by atoms with Crippen LogP contribution in [0.4, 0.5) is 0 Å². The van der Waals surface area contributed by atoms with Crippen molar-refractivity contribution in [2.75, 3.05) is 0 Å². The molecule has 650 valence electrons. The van der Waals surface area contributed by atoms with Gasteiger partial charge < -0.3 is 35.9 Å². The minimum absolute atomic E-state index is 0.452. The van der Waals surface area contributed by atoms with Gasteiger partial charge in [0.15, 0.2) is 34.9 Å². The number of fused-ring (bicyclic) bond motifs is 24. The topological polar surface area (TPSA) is 150 Å². The summed E-state index contributed by atoms with van der Waals surface area (Å²) in [6.45, 7) is 0. The summed E-state index contributed by atoms with van der Waals surface area (Å²) in [7, 11) is 0. The Morgan fingerprint density at radius 3 is 1.15 bits per heavy atom. The highest BCUT2D eigenvalue weighted by atomic mass is 16.3. The molecule has 0 saturated carbocycles. The molecule has 0 atom stereocenters. The van der Waals surface area contributed by atoms with Crippen molar-refractivity contribution >= 4 is 175 Å². The highest BCUT2D eigenvalue weighted by Gasteiger charge is 2.29. The first-order valence-electron chi connectivity index (χ1n) is 47.1. The van der Waals surface area contributed by atoms with E-state index in [0.29, 0.717) is 57.3 Å². The van der Waals surface area contributed by atoms with Crippen molar-refractivity contribution < 1.29 is 17.7 Å². The summed E-state index contributed by atoms with van der Waals surface area (Å²) in [5.74, 6) is 2.98. The second-order valence-corrected chi connectivity index (χ2v) is 36.3. The average molecular weight is 1790 g/mol. The Kier molecular flexibility index (Phi) is 16.6. The SMILES string of the molecule is c1ccc(-c2nc(-c3ccc4c5ccccc5n(-c5ccc6c(c5)oc5cc(-c7ccc8c9ccccc9n(-c9ccccc9)c8c7)ccc56)c4c3)nc(-c3cc(-c4ccc5oc6c(-c7nc(-c8ccccc8)nc(-c8cccc9c8c8ccccc8n9-c8ccc9c(c8)oc8cc(-c%10cccc%11c%12ccccc%12n(-c%12ccccc%12)c%10%11)ccc89)n7)cccc6c5c4)cc4c3oc3ccccc34)n2)cc1. The molecule has 140 heavy (non-hydrogen) atoms. The number of furan rings is 4. The summed E-state index contributed by atoms with van der Waals surface area (Å²) in [5, 5.41) is 16.9. The van der Waals surface area contributed by atoms with Crippen LogP contribution in [-0.4, -0.2) is 48.2 Å². The van der Waals surface area contributed by atoms with Gasteiger partial charge in [-0.15, -0.1) is 0 Å². The number of benzene rings is 20.